The van der Waals surface area contributed by atoms with Crippen molar-refractivity contribution in [3.63, 3.8) is 0 Å². The number of ether oxygens (including phenoxy) is 2. The number of hydrogen-bond acceptors (Lipinski definition) is 5. The van der Waals surface area contributed by atoms with Crippen molar-refractivity contribution in [1.29, 1.82) is 0 Å². The predicted molar refractivity (Wildman–Crippen MR) is 105 cm³/mol. The van der Waals surface area contributed by atoms with Crippen molar-refractivity contribution >= 4 is 38.5 Å². The van der Waals surface area contributed by atoms with Crippen molar-refractivity contribution in [2.75, 3.05) is 6.79 Å². The van der Waals surface area contributed by atoms with Crippen LogP contribution < -0.4 is 9.47 Å². The Labute approximate surface area is 171 Å². The molecule has 29 heavy (non-hydrogen) atoms. The van der Waals surface area contributed by atoms with Crippen LogP contribution in [0.1, 0.15) is 17.7 Å². The number of halogens is 1. The van der Waals surface area contributed by atoms with Gasteiger partial charge in [0.25, 0.3) is 10.0 Å². The summed E-state index contributed by atoms with van der Waals surface area (Å²) in [5.74, 6) is -0.434. The van der Waals surface area contributed by atoms with Crippen LogP contribution >= 0.6 is 11.6 Å². The molecule has 1 N–H and O–H groups in total. The number of carboxylic acids is 1. The highest BCUT2D eigenvalue weighted by Crippen LogP contribution is 2.43. The van der Waals surface area contributed by atoms with Gasteiger partial charge in [0.15, 0.2) is 11.5 Å². The molecule has 0 saturated heterocycles. The van der Waals surface area contributed by atoms with Gasteiger partial charge in [-0.1, -0.05) is 11.6 Å². The molecule has 0 fully saturated rings. The normalized spacial score (nSPS) is 18.0. The standard InChI is InChI=1S/C20H16ClNO6S/c21-12-2-4-13(5-3-12)29(25,26)22-16-6-1-11(20(23)24)7-14(16)15-8-18-19(9-17(15)22)28-10-27-18/h2-5,8-9,11H,1,6-7,10H2,(H,23,24). The summed E-state index contributed by atoms with van der Waals surface area (Å²) in [6, 6.07) is 9.38. The Balaban J connectivity index is 1.79. The molecule has 2 heterocycles. The number of aromatic nitrogens is 1. The Morgan fingerprint density at radius 1 is 1.14 bits per heavy atom. The molecule has 3 aromatic rings. The average Bonchev–Trinajstić information content (AvgIpc) is 3.27. The van der Waals surface area contributed by atoms with Gasteiger partial charge in [0, 0.05) is 22.2 Å². The topological polar surface area (TPSA) is 94.8 Å². The van der Waals surface area contributed by atoms with Gasteiger partial charge in [-0.3, -0.25) is 4.79 Å². The van der Waals surface area contributed by atoms with E-state index in [-0.39, 0.29) is 18.1 Å². The first-order valence-corrected chi connectivity index (χ1v) is 10.9. The zero-order valence-electron chi connectivity index (χ0n) is 15.1. The molecule has 1 aliphatic heterocycles. The predicted octanol–water partition coefficient (Wildman–Crippen LogP) is 3.45. The average molecular weight is 434 g/mol. The van der Waals surface area contributed by atoms with Crippen LogP contribution in [0.15, 0.2) is 41.3 Å². The maximum Gasteiger partial charge on any atom is 0.306 e. The van der Waals surface area contributed by atoms with Gasteiger partial charge < -0.3 is 14.6 Å². The zero-order valence-corrected chi connectivity index (χ0v) is 16.7. The van der Waals surface area contributed by atoms with Crippen molar-refractivity contribution in [2.45, 2.75) is 24.2 Å². The van der Waals surface area contributed by atoms with Crippen molar-refractivity contribution in [3.8, 4) is 11.5 Å². The summed E-state index contributed by atoms with van der Waals surface area (Å²) in [7, 11) is -3.92. The van der Waals surface area contributed by atoms with E-state index in [1.807, 2.05) is 0 Å². The highest BCUT2D eigenvalue weighted by molar-refractivity contribution is 7.90. The van der Waals surface area contributed by atoms with E-state index in [4.69, 9.17) is 21.1 Å². The van der Waals surface area contributed by atoms with Crippen molar-refractivity contribution in [3.05, 3.63) is 52.7 Å². The Bertz CT molecular complexity index is 1260. The van der Waals surface area contributed by atoms with Crippen molar-refractivity contribution in [1.82, 2.24) is 3.97 Å². The Morgan fingerprint density at radius 2 is 1.83 bits per heavy atom. The van der Waals surface area contributed by atoms with Crippen LogP contribution in [0, 0.1) is 5.92 Å². The third-order valence-electron chi connectivity index (χ3n) is 5.51. The monoisotopic (exact) mass is 433 g/mol. The molecule has 0 spiro atoms. The number of aliphatic carboxylic acids is 1. The van der Waals surface area contributed by atoms with E-state index >= 15 is 0 Å². The molecule has 0 amide bonds. The number of carboxylic acid groups (broad SMARTS) is 1. The smallest absolute Gasteiger partial charge is 0.306 e. The number of fused-ring (bicyclic) bond motifs is 4. The van der Waals surface area contributed by atoms with Gasteiger partial charge in [0.2, 0.25) is 6.79 Å². The quantitative estimate of drug-likeness (QED) is 0.679. The third kappa shape index (κ3) is 2.78. The second-order valence-electron chi connectivity index (χ2n) is 7.15. The number of nitrogens with zero attached hydrogens (tertiary/aromatic N) is 1. The molecule has 1 aromatic heterocycles. The molecule has 0 radical (unpaired) electrons. The Morgan fingerprint density at radius 3 is 2.52 bits per heavy atom. The molecule has 7 nitrogen and oxygen atoms in total. The molecule has 2 aromatic carbocycles. The van der Waals surface area contributed by atoms with Crippen LogP contribution in [-0.4, -0.2) is 30.3 Å². The highest BCUT2D eigenvalue weighted by Gasteiger charge is 2.34. The second-order valence-corrected chi connectivity index (χ2v) is 9.37. The van der Waals surface area contributed by atoms with Crippen LogP contribution in [0.2, 0.25) is 5.02 Å². The fourth-order valence-corrected chi connectivity index (χ4v) is 5.82. The van der Waals surface area contributed by atoms with E-state index in [1.54, 1.807) is 12.1 Å². The summed E-state index contributed by atoms with van der Waals surface area (Å²) in [6.45, 7) is 0.0613. The molecule has 9 heteroatoms. The molecular formula is C20H16ClNO6S. The summed E-state index contributed by atoms with van der Waals surface area (Å²) in [4.78, 5) is 11.7. The van der Waals surface area contributed by atoms with Gasteiger partial charge in [0.1, 0.15) is 0 Å². The molecule has 0 saturated carbocycles. The van der Waals surface area contributed by atoms with E-state index in [9.17, 15) is 18.3 Å². The minimum atomic E-state index is -3.92. The molecule has 5 rings (SSSR count). The Hall–Kier alpha value is -2.71. The van der Waals surface area contributed by atoms with E-state index in [0.717, 1.165) is 5.56 Å². The van der Waals surface area contributed by atoms with Gasteiger partial charge in [-0.15, -0.1) is 0 Å². The summed E-state index contributed by atoms with van der Waals surface area (Å²) in [5, 5.41) is 10.6. The zero-order chi connectivity index (χ0) is 20.3. The van der Waals surface area contributed by atoms with E-state index < -0.39 is 21.9 Å². The van der Waals surface area contributed by atoms with Crippen LogP contribution in [0.25, 0.3) is 10.9 Å². The first-order valence-electron chi connectivity index (χ1n) is 9.06. The van der Waals surface area contributed by atoms with Crippen LogP contribution in [0.5, 0.6) is 11.5 Å². The van der Waals surface area contributed by atoms with E-state index in [0.29, 0.717) is 46.0 Å². The minimum Gasteiger partial charge on any atom is -0.481 e. The van der Waals surface area contributed by atoms with Crippen LogP contribution in [0.3, 0.4) is 0 Å². The van der Waals surface area contributed by atoms with Gasteiger partial charge in [-0.2, -0.15) is 0 Å². The van der Waals surface area contributed by atoms with Crippen LogP contribution in [0.4, 0.5) is 0 Å². The SMILES string of the molecule is O=C(O)C1CCc2c(c3cc4c(cc3n2S(=O)(=O)c2ccc(Cl)cc2)OCO4)C1. The lowest BCUT2D eigenvalue weighted by molar-refractivity contribution is -0.142. The maximum atomic E-state index is 13.5. The highest BCUT2D eigenvalue weighted by atomic mass is 35.5. The lowest BCUT2D eigenvalue weighted by atomic mass is 9.86. The number of benzene rings is 2. The van der Waals surface area contributed by atoms with Gasteiger partial charge in [-0.25, -0.2) is 12.4 Å². The van der Waals surface area contributed by atoms with Crippen molar-refractivity contribution < 1.29 is 27.8 Å². The van der Waals surface area contributed by atoms with E-state index in [2.05, 4.69) is 0 Å². The number of hydrogen-bond donors (Lipinski definition) is 1. The number of carbonyl (C=O) groups is 1. The molecule has 1 unspecified atom stereocenters. The summed E-state index contributed by atoms with van der Waals surface area (Å²) >= 11 is 5.92. The fraction of sp³-hybridized carbons (Fsp3) is 0.250. The second kappa shape index (κ2) is 6.40. The molecule has 2 aliphatic rings. The van der Waals surface area contributed by atoms with Gasteiger partial charge >= 0.3 is 5.97 Å². The fourth-order valence-electron chi connectivity index (χ4n) is 4.10. The van der Waals surface area contributed by atoms with Gasteiger partial charge in [-0.05, 0) is 55.2 Å². The third-order valence-corrected chi connectivity index (χ3v) is 7.53. The molecular weight excluding hydrogens is 418 g/mol. The summed E-state index contributed by atoms with van der Waals surface area (Å²) in [5.41, 5.74) is 1.80. The van der Waals surface area contributed by atoms with Gasteiger partial charge in [0.05, 0.1) is 16.3 Å². The minimum absolute atomic E-state index is 0.0613. The molecule has 1 atom stereocenters. The molecule has 0 bridgehead atoms. The lowest BCUT2D eigenvalue weighted by Crippen LogP contribution is -2.24. The summed E-state index contributed by atoms with van der Waals surface area (Å²) in [6.07, 6.45) is 0.992. The first-order chi connectivity index (χ1) is 13.9. The lowest BCUT2D eigenvalue weighted by Gasteiger charge is -2.21. The maximum absolute atomic E-state index is 13.5. The Kier molecular flexibility index (Phi) is 4.04. The van der Waals surface area contributed by atoms with Crippen LogP contribution in [-0.2, 0) is 27.7 Å². The van der Waals surface area contributed by atoms with E-state index in [1.165, 1.54) is 28.2 Å². The number of rotatable bonds is 3. The van der Waals surface area contributed by atoms with Crippen molar-refractivity contribution in [2.24, 2.45) is 5.92 Å². The molecule has 1 aliphatic carbocycles. The largest absolute Gasteiger partial charge is 0.481 e. The molecule has 150 valence electrons. The summed E-state index contributed by atoms with van der Waals surface area (Å²) < 4.78 is 39.3. The first kappa shape index (κ1) is 18.3.